The van der Waals surface area contributed by atoms with Gasteiger partial charge in [0.1, 0.15) is 0 Å². The summed E-state index contributed by atoms with van der Waals surface area (Å²) in [5, 5.41) is 6.21. The fraction of sp³-hybridized carbons (Fsp3) is 0.458. The molecule has 0 spiro atoms. The summed E-state index contributed by atoms with van der Waals surface area (Å²) in [6.07, 6.45) is 5.49. The summed E-state index contributed by atoms with van der Waals surface area (Å²) in [5.41, 5.74) is 14.5. The predicted molar refractivity (Wildman–Crippen MR) is 130 cm³/mol. The molecular formula is C24H31FN8O. The van der Waals surface area contributed by atoms with Crippen molar-refractivity contribution in [2.75, 3.05) is 48.8 Å². The molecule has 2 fully saturated rings. The van der Waals surface area contributed by atoms with E-state index >= 15 is 0 Å². The molecule has 10 heteroatoms. The number of aryl methyl sites for hydroxylation is 1. The normalized spacial score (nSPS) is 28.4. The molecule has 1 saturated carbocycles. The molecule has 180 valence electrons. The van der Waals surface area contributed by atoms with Crippen molar-refractivity contribution in [2.24, 2.45) is 23.3 Å². The molecule has 1 aliphatic heterocycles. The summed E-state index contributed by atoms with van der Waals surface area (Å²) in [7, 11) is 2.14. The van der Waals surface area contributed by atoms with E-state index in [0.29, 0.717) is 6.42 Å². The van der Waals surface area contributed by atoms with E-state index in [-0.39, 0.29) is 17.7 Å². The van der Waals surface area contributed by atoms with E-state index in [9.17, 15) is 9.18 Å². The highest BCUT2D eigenvalue weighted by Gasteiger charge is 2.55. The molecule has 0 radical (unpaired) electrons. The summed E-state index contributed by atoms with van der Waals surface area (Å²) >= 11 is 0. The minimum Gasteiger partial charge on any atom is -0.369 e. The van der Waals surface area contributed by atoms with Gasteiger partial charge in [-0.05, 0) is 50.1 Å². The number of hydrogen-bond donors (Lipinski definition) is 4. The van der Waals surface area contributed by atoms with Crippen molar-refractivity contribution < 1.29 is 9.18 Å². The van der Waals surface area contributed by atoms with Crippen LogP contribution in [0.3, 0.4) is 0 Å². The van der Waals surface area contributed by atoms with Crippen molar-refractivity contribution in [3.05, 3.63) is 47.9 Å². The van der Waals surface area contributed by atoms with Gasteiger partial charge in [0, 0.05) is 37.6 Å². The van der Waals surface area contributed by atoms with E-state index in [1.807, 2.05) is 24.3 Å². The van der Waals surface area contributed by atoms with Crippen molar-refractivity contribution in [3.63, 3.8) is 0 Å². The van der Waals surface area contributed by atoms with Gasteiger partial charge in [0.15, 0.2) is 11.6 Å². The smallest absolute Gasteiger partial charge is 0.229 e. The summed E-state index contributed by atoms with van der Waals surface area (Å²) in [5.74, 6) is -1.41. The Morgan fingerprint density at radius 1 is 1.26 bits per heavy atom. The number of allylic oxidation sites excluding steroid dienone is 1. The highest BCUT2D eigenvalue weighted by Crippen LogP contribution is 2.46. The quantitative estimate of drug-likeness (QED) is 0.473. The van der Waals surface area contributed by atoms with Crippen molar-refractivity contribution in [3.8, 4) is 0 Å². The number of fused-ring (bicyclic) bond motifs is 2. The number of hydrogen-bond acceptors (Lipinski definition) is 8. The number of nitrogens with one attached hydrogen (secondary N) is 2. The number of likely N-dealkylation sites (N-methyl/N-ethyl adjacent to an activating group) is 1. The fourth-order valence-electron chi connectivity index (χ4n) is 5.45. The Balaban J connectivity index is 1.33. The minimum absolute atomic E-state index is 0.00898. The molecule has 3 aliphatic rings. The van der Waals surface area contributed by atoms with Gasteiger partial charge >= 0.3 is 0 Å². The first kappa shape index (κ1) is 22.5. The third kappa shape index (κ3) is 4.07. The Kier molecular flexibility index (Phi) is 5.65. The van der Waals surface area contributed by atoms with Crippen LogP contribution in [0.5, 0.6) is 0 Å². The van der Waals surface area contributed by atoms with Crippen molar-refractivity contribution >= 4 is 29.0 Å². The van der Waals surface area contributed by atoms with E-state index in [4.69, 9.17) is 11.5 Å². The second kappa shape index (κ2) is 8.52. The zero-order valence-electron chi connectivity index (χ0n) is 19.5. The Labute approximate surface area is 198 Å². The highest BCUT2D eigenvalue weighted by molar-refractivity contribution is 5.80. The van der Waals surface area contributed by atoms with Crippen LogP contribution in [0, 0.1) is 24.6 Å². The standard InChI is InChI=1S/C24H31FN8O/c1-14-11-16(3-4-18(14)33-9-7-32(2)8-10-33)29-23-28-13-17(25)22(31-23)30-20-19(21(26)34)15-5-6-24(20,27)12-15/h3-6,11,13,15,19-20H,7-10,12,27H2,1-2H3,(H2,26,34)(H2,28,29,30,31). The van der Waals surface area contributed by atoms with Crippen molar-refractivity contribution in [2.45, 2.75) is 24.9 Å². The number of nitrogens with two attached hydrogens (primary N) is 2. The SMILES string of the molecule is Cc1cc(Nc2ncc(F)c(NC3C(C(N)=O)C4C=CC3(N)C4)n2)ccc1N1CCN(C)CC1. The lowest BCUT2D eigenvalue weighted by Crippen LogP contribution is -2.54. The number of primary amides is 1. The predicted octanol–water partition coefficient (Wildman–Crippen LogP) is 1.59. The number of nitrogens with zero attached hydrogens (tertiary/aromatic N) is 4. The molecule has 2 bridgehead atoms. The summed E-state index contributed by atoms with van der Waals surface area (Å²) in [6.45, 7) is 6.14. The number of piperazine rings is 1. The van der Waals surface area contributed by atoms with Gasteiger partial charge in [-0.3, -0.25) is 4.79 Å². The second-order valence-corrected chi connectivity index (χ2v) is 9.70. The lowest BCUT2D eigenvalue weighted by molar-refractivity contribution is -0.122. The molecule has 1 aromatic carbocycles. The highest BCUT2D eigenvalue weighted by atomic mass is 19.1. The summed E-state index contributed by atoms with van der Waals surface area (Å²) < 4.78 is 14.6. The van der Waals surface area contributed by atoms with Gasteiger partial charge in [-0.15, -0.1) is 0 Å². The number of carbonyl (C=O) groups is 1. The van der Waals surface area contributed by atoms with Gasteiger partial charge in [-0.1, -0.05) is 12.2 Å². The van der Waals surface area contributed by atoms with Gasteiger partial charge in [-0.25, -0.2) is 9.37 Å². The lowest BCUT2D eigenvalue weighted by atomic mass is 9.85. The van der Waals surface area contributed by atoms with Crippen LogP contribution in [0.15, 0.2) is 36.5 Å². The topological polar surface area (TPSA) is 125 Å². The molecule has 2 heterocycles. The third-order valence-corrected chi connectivity index (χ3v) is 7.30. The molecular weight excluding hydrogens is 435 g/mol. The average molecular weight is 467 g/mol. The maximum atomic E-state index is 14.6. The molecule has 1 aromatic heterocycles. The fourth-order valence-corrected chi connectivity index (χ4v) is 5.45. The Morgan fingerprint density at radius 2 is 2.03 bits per heavy atom. The molecule has 4 atom stereocenters. The molecule has 9 nitrogen and oxygen atoms in total. The molecule has 5 rings (SSSR count). The number of amides is 1. The Hall–Kier alpha value is -3.24. The monoisotopic (exact) mass is 466 g/mol. The minimum atomic E-state index is -0.772. The number of aromatic nitrogens is 2. The Morgan fingerprint density at radius 3 is 2.74 bits per heavy atom. The van der Waals surface area contributed by atoms with Crippen LogP contribution in [-0.2, 0) is 4.79 Å². The summed E-state index contributed by atoms with van der Waals surface area (Å²) in [4.78, 5) is 25.2. The van der Waals surface area contributed by atoms with E-state index in [1.165, 1.54) is 5.69 Å². The van der Waals surface area contributed by atoms with Crippen LogP contribution >= 0.6 is 0 Å². The van der Waals surface area contributed by atoms with E-state index in [2.05, 4.69) is 50.4 Å². The van der Waals surface area contributed by atoms with Crippen LogP contribution in [0.25, 0.3) is 0 Å². The first-order valence-corrected chi connectivity index (χ1v) is 11.6. The molecule has 2 aromatic rings. The van der Waals surface area contributed by atoms with Crippen LogP contribution in [0.4, 0.5) is 27.5 Å². The van der Waals surface area contributed by atoms with Crippen LogP contribution in [0.2, 0.25) is 0 Å². The molecule has 4 unspecified atom stereocenters. The first-order valence-electron chi connectivity index (χ1n) is 11.6. The lowest BCUT2D eigenvalue weighted by Gasteiger charge is -2.35. The van der Waals surface area contributed by atoms with Gasteiger partial charge in [0.2, 0.25) is 11.9 Å². The number of benzene rings is 1. The van der Waals surface area contributed by atoms with Gasteiger partial charge in [-0.2, -0.15) is 4.98 Å². The van der Waals surface area contributed by atoms with E-state index < -0.39 is 29.2 Å². The molecule has 1 amide bonds. The van der Waals surface area contributed by atoms with Gasteiger partial charge in [0.25, 0.3) is 0 Å². The number of halogens is 1. The van der Waals surface area contributed by atoms with Crippen molar-refractivity contribution in [1.29, 1.82) is 0 Å². The number of rotatable bonds is 6. The number of anilines is 4. The van der Waals surface area contributed by atoms with Crippen LogP contribution in [0.1, 0.15) is 12.0 Å². The zero-order valence-corrected chi connectivity index (χ0v) is 19.5. The Bertz CT molecular complexity index is 1130. The summed E-state index contributed by atoms with van der Waals surface area (Å²) in [6, 6.07) is 5.55. The third-order valence-electron chi connectivity index (χ3n) is 7.30. The largest absolute Gasteiger partial charge is 0.369 e. The number of carbonyl (C=O) groups excluding carboxylic acids is 1. The maximum Gasteiger partial charge on any atom is 0.229 e. The van der Waals surface area contributed by atoms with Crippen LogP contribution < -0.4 is 27.0 Å². The zero-order chi connectivity index (χ0) is 24.0. The maximum absolute atomic E-state index is 14.6. The van der Waals surface area contributed by atoms with Crippen LogP contribution in [-0.4, -0.2) is 65.6 Å². The molecule has 1 saturated heterocycles. The first-order chi connectivity index (χ1) is 16.2. The van der Waals surface area contributed by atoms with E-state index in [1.54, 1.807) is 0 Å². The van der Waals surface area contributed by atoms with Crippen molar-refractivity contribution in [1.82, 2.24) is 14.9 Å². The van der Waals surface area contributed by atoms with Gasteiger partial charge in [0.05, 0.1) is 23.7 Å². The second-order valence-electron chi connectivity index (χ2n) is 9.70. The average Bonchev–Trinajstić information content (AvgIpc) is 3.31. The van der Waals surface area contributed by atoms with E-state index in [0.717, 1.165) is 43.6 Å². The molecule has 34 heavy (non-hydrogen) atoms. The van der Waals surface area contributed by atoms with Gasteiger partial charge < -0.3 is 31.9 Å². The molecule has 2 aliphatic carbocycles. The molecule has 6 N–H and O–H groups in total.